The summed E-state index contributed by atoms with van der Waals surface area (Å²) in [7, 11) is 0. The van der Waals surface area contributed by atoms with E-state index in [9.17, 15) is 0 Å². The molecule has 2 aromatic rings. The summed E-state index contributed by atoms with van der Waals surface area (Å²) in [6.07, 6.45) is 0. The Morgan fingerprint density at radius 1 is 1.30 bits per heavy atom. The first-order valence-electron chi connectivity index (χ1n) is 6.85. The molecule has 0 amide bonds. The predicted octanol–water partition coefficient (Wildman–Crippen LogP) is 2.25. The Bertz CT molecular complexity index is 552. The van der Waals surface area contributed by atoms with Crippen LogP contribution in [0.4, 0.5) is 0 Å². The van der Waals surface area contributed by atoms with Crippen molar-refractivity contribution >= 4 is 0 Å². The number of aliphatic hydroxyl groups excluding tert-OH is 1. The van der Waals surface area contributed by atoms with Crippen molar-refractivity contribution in [1.82, 2.24) is 15.0 Å². The highest BCUT2D eigenvalue weighted by Gasteiger charge is 2.15. The zero-order chi connectivity index (χ0) is 14.5. The zero-order valence-electron chi connectivity index (χ0n) is 12.2. The minimum absolute atomic E-state index is 0.122. The molecule has 0 aliphatic carbocycles. The number of hydrogen-bond acceptors (Lipinski definition) is 5. The summed E-state index contributed by atoms with van der Waals surface area (Å²) in [5.74, 6) is 1.19. The van der Waals surface area contributed by atoms with Crippen molar-refractivity contribution in [3.8, 4) is 11.4 Å². The van der Waals surface area contributed by atoms with Crippen LogP contribution in [-0.4, -0.2) is 39.3 Å². The molecular formula is C15H21N3O2. The molecule has 0 fully saturated rings. The molecular weight excluding hydrogens is 254 g/mol. The van der Waals surface area contributed by atoms with Crippen molar-refractivity contribution in [2.75, 3.05) is 13.2 Å². The monoisotopic (exact) mass is 275 g/mol. The van der Waals surface area contributed by atoms with E-state index in [0.29, 0.717) is 30.8 Å². The van der Waals surface area contributed by atoms with Gasteiger partial charge in [-0.05, 0) is 26.3 Å². The van der Waals surface area contributed by atoms with Crippen molar-refractivity contribution in [3.05, 3.63) is 35.7 Å². The van der Waals surface area contributed by atoms with Gasteiger partial charge in [0, 0.05) is 18.2 Å². The molecule has 0 saturated heterocycles. The van der Waals surface area contributed by atoms with Crippen LogP contribution in [-0.2, 0) is 6.54 Å². The van der Waals surface area contributed by atoms with Crippen molar-refractivity contribution in [2.24, 2.45) is 0 Å². The van der Waals surface area contributed by atoms with Gasteiger partial charge in [-0.2, -0.15) is 4.98 Å². The molecule has 0 spiro atoms. The Morgan fingerprint density at radius 2 is 2.05 bits per heavy atom. The van der Waals surface area contributed by atoms with Crippen molar-refractivity contribution in [2.45, 2.75) is 33.4 Å². The standard InChI is InChI=1S/C15H21N3O2/c1-11(2)18(8-9-19)10-14-16-15(17-20-14)13-7-5-4-6-12(13)3/h4-7,11,19H,8-10H2,1-3H3. The van der Waals surface area contributed by atoms with Gasteiger partial charge in [-0.25, -0.2) is 0 Å². The second-order valence-corrected chi connectivity index (χ2v) is 5.11. The van der Waals surface area contributed by atoms with Gasteiger partial charge >= 0.3 is 0 Å². The predicted molar refractivity (Wildman–Crippen MR) is 77.1 cm³/mol. The molecule has 5 heteroatoms. The highest BCUT2D eigenvalue weighted by atomic mass is 16.5. The number of aliphatic hydroxyl groups is 1. The summed E-state index contributed by atoms with van der Waals surface area (Å²) in [5.41, 5.74) is 2.11. The van der Waals surface area contributed by atoms with Crippen molar-refractivity contribution in [1.29, 1.82) is 0 Å². The van der Waals surface area contributed by atoms with Crippen LogP contribution in [0.5, 0.6) is 0 Å². The molecule has 1 aromatic carbocycles. The Kier molecular flexibility index (Phi) is 4.87. The summed E-state index contributed by atoms with van der Waals surface area (Å²) in [6.45, 7) is 7.45. The van der Waals surface area contributed by atoms with Crippen LogP contribution in [0.15, 0.2) is 28.8 Å². The van der Waals surface area contributed by atoms with E-state index in [1.807, 2.05) is 31.2 Å². The zero-order valence-corrected chi connectivity index (χ0v) is 12.2. The van der Waals surface area contributed by atoms with E-state index in [-0.39, 0.29) is 6.61 Å². The highest BCUT2D eigenvalue weighted by Crippen LogP contribution is 2.20. The van der Waals surface area contributed by atoms with Crippen LogP contribution >= 0.6 is 0 Å². The van der Waals surface area contributed by atoms with Crippen LogP contribution in [0.2, 0.25) is 0 Å². The van der Waals surface area contributed by atoms with E-state index < -0.39 is 0 Å². The summed E-state index contributed by atoms with van der Waals surface area (Å²) in [4.78, 5) is 6.54. The summed E-state index contributed by atoms with van der Waals surface area (Å²) >= 11 is 0. The third-order valence-electron chi connectivity index (χ3n) is 3.31. The molecule has 0 bridgehead atoms. The molecule has 5 nitrogen and oxygen atoms in total. The normalized spacial score (nSPS) is 11.5. The smallest absolute Gasteiger partial charge is 0.241 e. The Morgan fingerprint density at radius 3 is 2.70 bits per heavy atom. The number of nitrogens with zero attached hydrogens (tertiary/aromatic N) is 3. The second kappa shape index (κ2) is 6.63. The van der Waals surface area contributed by atoms with Gasteiger partial charge in [-0.15, -0.1) is 0 Å². The topological polar surface area (TPSA) is 62.4 Å². The summed E-state index contributed by atoms with van der Waals surface area (Å²) in [6, 6.07) is 8.28. The maximum absolute atomic E-state index is 9.07. The molecule has 0 unspecified atom stereocenters. The number of benzene rings is 1. The lowest BCUT2D eigenvalue weighted by atomic mass is 10.1. The summed E-state index contributed by atoms with van der Waals surface area (Å²) in [5, 5.41) is 13.1. The molecule has 0 aliphatic rings. The van der Waals surface area contributed by atoms with Crippen LogP contribution in [0.1, 0.15) is 25.3 Å². The van der Waals surface area contributed by atoms with E-state index in [2.05, 4.69) is 28.9 Å². The molecule has 0 saturated carbocycles. The highest BCUT2D eigenvalue weighted by molar-refractivity contribution is 5.58. The van der Waals surface area contributed by atoms with E-state index in [4.69, 9.17) is 9.63 Å². The maximum atomic E-state index is 9.07. The fourth-order valence-electron chi connectivity index (χ4n) is 2.07. The van der Waals surface area contributed by atoms with Crippen LogP contribution < -0.4 is 0 Å². The third kappa shape index (κ3) is 3.43. The molecule has 0 atom stereocenters. The Balaban J connectivity index is 2.15. The molecule has 2 rings (SSSR count). The Hall–Kier alpha value is -1.72. The average molecular weight is 275 g/mol. The molecule has 0 aliphatic heterocycles. The fraction of sp³-hybridized carbons (Fsp3) is 0.467. The molecule has 20 heavy (non-hydrogen) atoms. The van der Waals surface area contributed by atoms with Gasteiger partial charge in [0.05, 0.1) is 13.2 Å². The third-order valence-corrected chi connectivity index (χ3v) is 3.31. The minimum atomic E-state index is 0.122. The summed E-state index contributed by atoms with van der Waals surface area (Å²) < 4.78 is 5.32. The number of rotatable bonds is 6. The minimum Gasteiger partial charge on any atom is -0.395 e. The maximum Gasteiger partial charge on any atom is 0.241 e. The van der Waals surface area contributed by atoms with Gasteiger partial charge in [0.2, 0.25) is 11.7 Å². The van der Waals surface area contributed by atoms with E-state index in [1.165, 1.54) is 0 Å². The largest absolute Gasteiger partial charge is 0.395 e. The molecule has 1 N–H and O–H groups in total. The van der Waals surface area contributed by atoms with Gasteiger partial charge in [-0.1, -0.05) is 29.4 Å². The molecule has 1 aromatic heterocycles. The van der Waals surface area contributed by atoms with Crippen molar-refractivity contribution < 1.29 is 9.63 Å². The lowest BCUT2D eigenvalue weighted by Gasteiger charge is -2.23. The number of hydrogen-bond donors (Lipinski definition) is 1. The van der Waals surface area contributed by atoms with E-state index in [0.717, 1.165) is 11.1 Å². The van der Waals surface area contributed by atoms with Gasteiger partial charge in [0.15, 0.2) is 0 Å². The van der Waals surface area contributed by atoms with Crippen LogP contribution in [0, 0.1) is 6.92 Å². The van der Waals surface area contributed by atoms with Gasteiger partial charge in [-0.3, -0.25) is 4.90 Å². The van der Waals surface area contributed by atoms with Crippen molar-refractivity contribution in [3.63, 3.8) is 0 Å². The second-order valence-electron chi connectivity index (χ2n) is 5.11. The molecule has 1 heterocycles. The first-order chi connectivity index (χ1) is 9.61. The van der Waals surface area contributed by atoms with Gasteiger partial charge < -0.3 is 9.63 Å². The quantitative estimate of drug-likeness (QED) is 0.876. The first-order valence-corrected chi connectivity index (χ1v) is 6.85. The van der Waals surface area contributed by atoms with E-state index in [1.54, 1.807) is 0 Å². The lowest BCUT2D eigenvalue weighted by Crippen LogP contribution is -2.33. The number of aryl methyl sites for hydroxylation is 1. The fourth-order valence-corrected chi connectivity index (χ4v) is 2.07. The molecule has 0 radical (unpaired) electrons. The SMILES string of the molecule is Cc1ccccc1-c1noc(CN(CCO)C(C)C)n1. The van der Waals surface area contributed by atoms with Gasteiger partial charge in [0.25, 0.3) is 0 Å². The van der Waals surface area contributed by atoms with Crippen LogP contribution in [0.25, 0.3) is 11.4 Å². The van der Waals surface area contributed by atoms with Crippen LogP contribution in [0.3, 0.4) is 0 Å². The van der Waals surface area contributed by atoms with E-state index >= 15 is 0 Å². The lowest BCUT2D eigenvalue weighted by molar-refractivity contribution is 0.144. The van der Waals surface area contributed by atoms with Gasteiger partial charge in [0.1, 0.15) is 0 Å². The average Bonchev–Trinajstić information content (AvgIpc) is 2.87. The first kappa shape index (κ1) is 14.7. The molecule has 108 valence electrons. The Labute approximate surface area is 119 Å². The number of aromatic nitrogens is 2.